The van der Waals surface area contributed by atoms with E-state index in [9.17, 15) is 0 Å². The monoisotopic (exact) mass is 300 g/mol. The van der Waals surface area contributed by atoms with Gasteiger partial charge in [0.05, 0.1) is 0 Å². The van der Waals surface area contributed by atoms with Crippen LogP contribution in [0.15, 0.2) is 47.2 Å². The summed E-state index contributed by atoms with van der Waals surface area (Å²) in [6.45, 7) is 4.17. The molecule has 2 nitrogen and oxygen atoms in total. The Morgan fingerprint density at radius 1 is 1.00 bits per heavy atom. The van der Waals surface area contributed by atoms with Crippen LogP contribution >= 0.6 is 15.9 Å². The van der Waals surface area contributed by atoms with Crippen LogP contribution in [0.2, 0.25) is 0 Å². The molecule has 2 aromatic heterocycles. The van der Waals surface area contributed by atoms with Gasteiger partial charge in [-0.1, -0.05) is 29.8 Å². The smallest absolute Gasteiger partial charge is 0.138 e. The van der Waals surface area contributed by atoms with Gasteiger partial charge in [0, 0.05) is 11.8 Å². The predicted molar refractivity (Wildman–Crippen MR) is 77.8 cm³/mol. The number of rotatable bonds is 1. The fourth-order valence-corrected chi connectivity index (χ4v) is 2.63. The van der Waals surface area contributed by atoms with Gasteiger partial charge in [-0.3, -0.25) is 4.40 Å². The number of aryl methyl sites for hydroxylation is 2. The van der Waals surface area contributed by atoms with Crippen molar-refractivity contribution < 1.29 is 0 Å². The Bertz CT molecular complexity index is 711. The van der Waals surface area contributed by atoms with Gasteiger partial charge in [-0.05, 0) is 47.5 Å². The summed E-state index contributed by atoms with van der Waals surface area (Å²) >= 11 is 3.63. The second-order valence-electron chi connectivity index (χ2n) is 4.55. The fraction of sp³-hybridized carbons (Fsp3) is 0.133. The summed E-state index contributed by atoms with van der Waals surface area (Å²) in [5, 5.41) is 0. The van der Waals surface area contributed by atoms with Crippen LogP contribution in [0.3, 0.4) is 0 Å². The van der Waals surface area contributed by atoms with Gasteiger partial charge >= 0.3 is 0 Å². The molecule has 0 spiro atoms. The third-order valence-electron chi connectivity index (χ3n) is 3.05. The maximum Gasteiger partial charge on any atom is 0.138 e. The van der Waals surface area contributed by atoms with Crippen molar-refractivity contribution in [2.24, 2.45) is 0 Å². The predicted octanol–water partition coefficient (Wildman–Crippen LogP) is 4.38. The van der Waals surface area contributed by atoms with E-state index in [-0.39, 0.29) is 0 Å². The molecule has 0 aliphatic rings. The topological polar surface area (TPSA) is 17.3 Å². The van der Waals surface area contributed by atoms with Crippen molar-refractivity contribution in [1.82, 2.24) is 9.38 Å². The fourth-order valence-electron chi connectivity index (χ4n) is 2.01. The zero-order valence-corrected chi connectivity index (χ0v) is 11.9. The van der Waals surface area contributed by atoms with Crippen LogP contribution in [0.5, 0.6) is 0 Å². The third-order valence-corrected chi connectivity index (χ3v) is 3.81. The lowest BCUT2D eigenvalue weighted by atomic mass is 10.1. The normalized spacial score (nSPS) is 11.1. The first-order valence-corrected chi connectivity index (χ1v) is 6.66. The third kappa shape index (κ3) is 1.85. The first-order chi connectivity index (χ1) is 8.65. The Hall–Kier alpha value is -1.61. The van der Waals surface area contributed by atoms with E-state index in [0.717, 1.165) is 21.5 Å². The van der Waals surface area contributed by atoms with Crippen molar-refractivity contribution in [2.75, 3.05) is 0 Å². The highest BCUT2D eigenvalue weighted by molar-refractivity contribution is 9.10. The molecule has 90 valence electrons. The van der Waals surface area contributed by atoms with E-state index in [1.807, 2.05) is 6.20 Å². The molecule has 0 aliphatic heterocycles. The molecule has 0 bridgehead atoms. The van der Waals surface area contributed by atoms with Gasteiger partial charge in [0.2, 0.25) is 0 Å². The summed E-state index contributed by atoms with van der Waals surface area (Å²) in [7, 11) is 0. The van der Waals surface area contributed by atoms with Gasteiger partial charge < -0.3 is 0 Å². The van der Waals surface area contributed by atoms with Gasteiger partial charge in [0.1, 0.15) is 15.9 Å². The molecule has 18 heavy (non-hydrogen) atoms. The summed E-state index contributed by atoms with van der Waals surface area (Å²) in [6.07, 6.45) is 2.04. The van der Waals surface area contributed by atoms with Crippen LogP contribution in [-0.2, 0) is 0 Å². The van der Waals surface area contributed by atoms with Crippen molar-refractivity contribution in [2.45, 2.75) is 13.8 Å². The Morgan fingerprint density at radius 2 is 1.72 bits per heavy atom. The van der Waals surface area contributed by atoms with Crippen molar-refractivity contribution >= 4 is 21.6 Å². The second-order valence-corrected chi connectivity index (χ2v) is 5.30. The molecule has 0 aliphatic carbocycles. The van der Waals surface area contributed by atoms with Gasteiger partial charge in [0.25, 0.3) is 0 Å². The average Bonchev–Trinajstić information content (AvgIpc) is 2.67. The SMILES string of the molecule is Cc1ccc(-c2nc3cc(C)ccn3c2Br)cc1. The molecular formula is C15H13BrN2. The van der Waals surface area contributed by atoms with Crippen LogP contribution in [0.1, 0.15) is 11.1 Å². The van der Waals surface area contributed by atoms with Crippen molar-refractivity contribution in [3.63, 3.8) is 0 Å². The average molecular weight is 301 g/mol. The van der Waals surface area contributed by atoms with Gasteiger partial charge in [-0.2, -0.15) is 0 Å². The van der Waals surface area contributed by atoms with Crippen LogP contribution in [0, 0.1) is 13.8 Å². The molecule has 3 heteroatoms. The molecular weight excluding hydrogens is 288 g/mol. The number of nitrogens with zero attached hydrogens (tertiary/aromatic N) is 2. The zero-order valence-electron chi connectivity index (χ0n) is 10.3. The number of aromatic nitrogens is 2. The lowest BCUT2D eigenvalue weighted by molar-refractivity contribution is 1.14. The maximum atomic E-state index is 4.69. The molecule has 0 saturated carbocycles. The number of pyridine rings is 1. The zero-order chi connectivity index (χ0) is 12.7. The molecule has 0 saturated heterocycles. The van der Waals surface area contributed by atoms with Crippen molar-refractivity contribution in [3.05, 3.63) is 58.3 Å². The van der Waals surface area contributed by atoms with E-state index < -0.39 is 0 Å². The van der Waals surface area contributed by atoms with E-state index in [1.54, 1.807) is 0 Å². The molecule has 2 heterocycles. The number of hydrogen-bond donors (Lipinski definition) is 0. The summed E-state index contributed by atoms with van der Waals surface area (Å²) in [6, 6.07) is 12.6. The Kier molecular flexibility index (Phi) is 2.71. The number of imidazole rings is 1. The quantitative estimate of drug-likeness (QED) is 0.652. The van der Waals surface area contributed by atoms with E-state index in [4.69, 9.17) is 0 Å². The van der Waals surface area contributed by atoms with Crippen LogP contribution in [0.4, 0.5) is 0 Å². The first kappa shape index (κ1) is 11.5. The Balaban J connectivity index is 2.23. The van der Waals surface area contributed by atoms with E-state index >= 15 is 0 Å². The molecule has 0 N–H and O–H groups in total. The molecule has 0 unspecified atom stereocenters. The first-order valence-electron chi connectivity index (χ1n) is 5.86. The largest absolute Gasteiger partial charge is 0.294 e. The molecule has 0 radical (unpaired) electrons. The van der Waals surface area contributed by atoms with Gasteiger partial charge in [-0.15, -0.1) is 0 Å². The van der Waals surface area contributed by atoms with Crippen molar-refractivity contribution in [1.29, 1.82) is 0 Å². The van der Waals surface area contributed by atoms with Crippen LogP contribution in [-0.4, -0.2) is 9.38 Å². The number of hydrogen-bond acceptors (Lipinski definition) is 1. The summed E-state index contributed by atoms with van der Waals surface area (Å²) in [5.74, 6) is 0. The molecule has 1 aromatic carbocycles. The minimum Gasteiger partial charge on any atom is -0.294 e. The summed E-state index contributed by atoms with van der Waals surface area (Å²) in [4.78, 5) is 4.69. The molecule has 3 aromatic rings. The van der Waals surface area contributed by atoms with E-state index in [1.165, 1.54) is 11.1 Å². The van der Waals surface area contributed by atoms with E-state index in [0.29, 0.717) is 0 Å². The molecule has 0 fully saturated rings. The number of halogens is 1. The second kappa shape index (κ2) is 4.25. The number of fused-ring (bicyclic) bond motifs is 1. The highest BCUT2D eigenvalue weighted by atomic mass is 79.9. The van der Waals surface area contributed by atoms with Crippen LogP contribution in [0.25, 0.3) is 16.9 Å². The number of benzene rings is 1. The molecule has 3 rings (SSSR count). The van der Waals surface area contributed by atoms with Gasteiger partial charge in [0.15, 0.2) is 0 Å². The summed E-state index contributed by atoms with van der Waals surface area (Å²) < 4.78 is 3.06. The standard InChI is InChI=1S/C15H13BrN2/c1-10-3-5-12(6-4-10)14-15(16)18-8-7-11(2)9-13(18)17-14/h3-9H,1-2H3. The highest BCUT2D eigenvalue weighted by Crippen LogP contribution is 2.29. The highest BCUT2D eigenvalue weighted by Gasteiger charge is 2.11. The van der Waals surface area contributed by atoms with Crippen molar-refractivity contribution in [3.8, 4) is 11.3 Å². The Morgan fingerprint density at radius 3 is 2.44 bits per heavy atom. The maximum absolute atomic E-state index is 4.69. The lowest BCUT2D eigenvalue weighted by Gasteiger charge is -1.99. The minimum absolute atomic E-state index is 0.970. The van der Waals surface area contributed by atoms with Gasteiger partial charge in [-0.25, -0.2) is 4.98 Å². The molecule has 0 amide bonds. The molecule has 0 atom stereocenters. The lowest BCUT2D eigenvalue weighted by Crippen LogP contribution is -1.84. The Labute approximate surface area is 114 Å². The van der Waals surface area contributed by atoms with E-state index in [2.05, 4.69) is 75.6 Å². The summed E-state index contributed by atoms with van der Waals surface area (Å²) in [5.41, 5.74) is 5.57. The van der Waals surface area contributed by atoms with Crippen LogP contribution < -0.4 is 0 Å². The minimum atomic E-state index is 0.970.